The highest BCUT2D eigenvalue weighted by Crippen LogP contribution is 1.63. The first-order valence-electron chi connectivity index (χ1n) is 2.07. The molecular weight excluding hydrogens is 90.1 g/mol. The van der Waals surface area contributed by atoms with E-state index < -0.39 is 0 Å². The van der Waals surface area contributed by atoms with Gasteiger partial charge >= 0.3 is 0 Å². The molecule has 0 unspecified atom stereocenters. The topological polar surface area (TPSA) is 36.8 Å². The van der Waals surface area contributed by atoms with Crippen LogP contribution < -0.4 is 5.43 Å². The molecule has 0 saturated carbocycles. The molecule has 3 nitrogen and oxygen atoms in total. The van der Waals surface area contributed by atoms with Crippen LogP contribution in [0.5, 0.6) is 0 Å². The van der Waals surface area contributed by atoms with E-state index in [2.05, 4.69) is 15.8 Å². The first-order valence-corrected chi connectivity index (χ1v) is 2.07. The predicted molar refractivity (Wildman–Crippen MR) is 28.7 cm³/mol. The van der Waals surface area contributed by atoms with Crippen molar-refractivity contribution in [3.63, 3.8) is 0 Å². The van der Waals surface area contributed by atoms with E-state index in [0.717, 1.165) is 0 Å². The third-order valence-electron chi connectivity index (χ3n) is 0.399. The van der Waals surface area contributed by atoms with Gasteiger partial charge in [-0.15, -0.1) is 0 Å². The van der Waals surface area contributed by atoms with Crippen LogP contribution in [0.4, 0.5) is 0 Å². The fourth-order valence-corrected chi connectivity index (χ4v) is 0.166. The summed E-state index contributed by atoms with van der Waals surface area (Å²) in [7, 11) is 1.61. The Morgan fingerprint density at radius 2 is 2.29 bits per heavy atom. The predicted octanol–water partition coefficient (Wildman–Crippen LogP) is 1.11. The number of nitrogens with zero attached hydrogens (tertiary/aromatic N) is 2. The quantitative estimate of drug-likeness (QED) is 0.408. The molecule has 0 aromatic carbocycles. The van der Waals surface area contributed by atoms with Crippen LogP contribution in [-0.2, 0) is 0 Å². The van der Waals surface area contributed by atoms with Crippen molar-refractivity contribution in [1.29, 1.82) is 0 Å². The van der Waals surface area contributed by atoms with Crippen LogP contribution >= 0.6 is 0 Å². The summed E-state index contributed by atoms with van der Waals surface area (Å²) >= 11 is 0. The van der Waals surface area contributed by atoms with Gasteiger partial charge in [0.2, 0.25) is 0 Å². The van der Waals surface area contributed by atoms with E-state index >= 15 is 0 Å². The molecule has 40 valence electrons. The number of hydrogen-bond acceptors (Lipinski definition) is 2. The Balaban J connectivity index is 2.98. The lowest BCUT2D eigenvalue weighted by Gasteiger charge is -1.79. The second-order valence-electron chi connectivity index (χ2n) is 0.929. The largest absolute Gasteiger partial charge is 0.268 e. The van der Waals surface area contributed by atoms with Gasteiger partial charge in [0.25, 0.3) is 0 Å². The molecule has 0 aliphatic heterocycles. The molecule has 0 atom stereocenters. The fourth-order valence-electron chi connectivity index (χ4n) is 0.166. The zero-order chi connectivity index (χ0) is 5.54. The maximum Gasteiger partial charge on any atom is 0.0509 e. The zero-order valence-corrected chi connectivity index (χ0v) is 4.55. The normalized spacial score (nSPS) is 11.1. The molecule has 0 amide bonds. The molecular formula is C4H9N3. The van der Waals surface area contributed by atoms with Gasteiger partial charge < -0.3 is 0 Å². The molecule has 0 aliphatic rings. The molecule has 1 N–H and O–H groups in total. The van der Waals surface area contributed by atoms with Crippen LogP contribution in [0.15, 0.2) is 22.6 Å². The molecule has 0 heterocycles. The maximum atomic E-state index is 3.45. The minimum atomic E-state index is 1.61. The van der Waals surface area contributed by atoms with Gasteiger partial charge in [-0.1, -0.05) is 11.3 Å². The molecule has 0 radical (unpaired) electrons. The van der Waals surface area contributed by atoms with E-state index in [1.54, 1.807) is 13.2 Å². The second kappa shape index (κ2) is 5.14. The maximum absolute atomic E-state index is 3.45. The fraction of sp³-hybridized carbons (Fsp3) is 0.500. The Hall–Kier alpha value is -0.860. The lowest BCUT2D eigenvalue weighted by molar-refractivity contribution is 0.852. The Bertz CT molecular complexity index is 65.0. The SMILES string of the molecule is C/C=C/NN=NC. The summed E-state index contributed by atoms with van der Waals surface area (Å²) < 4.78 is 0. The Morgan fingerprint density at radius 3 is 2.71 bits per heavy atom. The second-order valence-corrected chi connectivity index (χ2v) is 0.929. The Morgan fingerprint density at radius 1 is 1.57 bits per heavy atom. The van der Waals surface area contributed by atoms with Crippen LogP contribution in [0.1, 0.15) is 6.92 Å². The number of allylic oxidation sites excluding steroid dienone is 1. The van der Waals surface area contributed by atoms with Gasteiger partial charge in [0.15, 0.2) is 0 Å². The number of rotatable bonds is 2. The van der Waals surface area contributed by atoms with Crippen molar-refractivity contribution in [2.75, 3.05) is 7.05 Å². The van der Waals surface area contributed by atoms with Crippen molar-refractivity contribution in [2.24, 2.45) is 10.3 Å². The van der Waals surface area contributed by atoms with E-state index in [9.17, 15) is 0 Å². The average Bonchev–Trinajstić information content (AvgIpc) is 1.69. The van der Waals surface area contributed by atoms with Gasteiger partial charge in [0, 0.05) is 6.20 Å². The summed E-state index contributed by atoms with van der Waals surface area (Å²) in [6, 6.07) is 0. The van der Waals surface area contributed by atoms with Crippen molar-refractivity contribution in [3.05, 3.63) is 12.3 Å². The number of nitrogens with one attached hydrogen (secondary N) is 1. The molecule has 7 heavy (non-hydrogen) atoms. The van der Waals surface area contributed by atoms with Crippen molar-refractivity contribution >= 4 is 0 Å². The third-order valence-corrected chi connectivity index (χ3v) is 0.399. The van der Waals surface area contributed by atoms with Crippen LogP contribution in [0.2, 0.25) is 0 Å². The van der Waals surface area contributed by atoms with E-state index in [0.29, 0.717) is 0 Å². The highest BCUT2D eigenvalue weighted by molar-refractivity contribution is 4.70. The molecule has 0 bridgehead atoms. The summed E-state index contributed by atoms with van der Waals surface area (Å²) in [5.74, 6) is 0. The zero-order valence-electron chi connectivity index (χ0n) is 4.55. The van der Waals surface area contributed by atoms with Gasteiger partial charge in [0.05, 0.1) is 7.05 Å². The minimum Gasteiger partial charge on any atom is -0.268 e. The summed E-state index contributed by atoms with van der Waals surface area (Å²) in [5.41, 5.74) is 2.56. The molecule has 0 aromatic rings. The molecule has 0 spiro atoms. The van der Waals surface area contributed by atoms with E-state index in [-0.39, 0.29) is 0 Å². The lowest BCUT2D eigenvalue weighted by Crippen LogP contribution is -1.88. The molecule has 0 fully saturated rings. The van der Waals surface area contributed by atoms with Crippen LogP contribution in [-0.4, -0.2) is 7.05 Å². The highest BCUT2D eigenvalue weighted by Gasteiger charge is 1.56. The van der Waals surface area contributed by atoms with E-state index in [1.807, 2.05) is 13.0 Å². The van der Waals surface area contributed by atoms with Crippen LogP contribution in [0.25, 0.3) is 0 Å². The van der Waals surface area contributed by atoms with Crippen molar-refractivity contribution in [1.82, 2.24) is 5.43 Å². The third kappa shape index (κ3) is 5.14. The molecule has 0 saturated heterocycles. The van der Waals surface area contributed by atoms with Gasteiger partial charge in [0.1, 0.15) is 0 Å². The molecule has 0 aromatic heterocycles. The van der Waals surface area contributed by atoms with Crippen molar-refractivity contribution in [2.45, 2.75) is 6.92 Å². The van der Waals surface area contributed by atoms with Gasteiger partial charge in [-0.3, -0.25) is 5.43 Å². The Kier molecular flexibility index (Phi) is 4.51. The van der Waals surface area contributed by atoms with E-state index in [4.69, 9.17) is 0 Å². The number of hydrogen-bond donors (Lipinski definition) is 1. The monoisotopic (exact) mass is 99.1 g/mol. The van der Waals surface area contributed by atoms with Gasteiger partial charge in [-0.25, -0.2) is 0 Å². The van der Waals surface area contributed by atoms with Gasteiger partial charge in [-0.05, 0) is 6.92 Å². The molecule has 0 aliphatic carbocycles. The highest BCUT2D eigenvalue weighted by atomic mass is 15.4. The van der Waals surface area contributed by atoms with Crippen LogP contribution in [0.3, 0.4) is 0 Å². The van der Waals surface area contributed by atoms with E-state index in [1.165, 1.54) is 0 Å². The van der Waals surface area contributed by atoms with Gasteiger partial charge in [-0.2, -0.15) is 5.11 Å². The lowest BCUT2D eigenvalue weighted by atomic mass is 10.7. The summed E-state index contributed by atoms with van der Waals surface area (Å²) in [4.78, 5) is 0. The van der Waals surface area contributed by atoms with Crippen molar-refractivity contribution < 1.29 is 0 Å². The first-order chi connectivity index (χ1) is 3.41. The average molecular weight is 99.1 g/mol. The smallest absolute Gasteiger partial charge is 0.0509 e. The minimum absolute atomic E-state index is 1.61. The first kappa shape index (κ1) is 6.14. The standard InChI is InChI=1S/C4H9N3/c1-3-4-6-7-5-2/h3-4H,1-2H3,(H,5,6)/b4-3+. The van der Waals surface area contributed by atoms with Crippen LogP contribution in [0, 0.1) is 0 Å². The summed E-state index contributed by atoms with van der Waals surface area (Å²) in [5, 5.41) is 6.89. The summed E-state index contributed by atoms with van der Waals surface area (Å²) in [6.45, 7) is 1.90. The molecule has 3 heteroatoms. The molecule has 0 rings (SSSR count). The van der Waals surface area contributed by atoms with Crippen molar-refractivity contribution in [3.8, 4) is 0 Å². The summed E-state index contributed by atoms with van der Waals surface area (Å²) in [6.07, 6.45) is 3.54. The Labute approximate surface area is 43.1 Å².